The number of carbonyl (C=O) groups is 2. The van der Waals surface area contributed by atoms with Crippen molar-refractivity contribution in [1.82, 2.24) is 10.2 Å². The van der Waals surface area contributed by atoms with E-state index in [1.54, 1.807) is 0 Å². The Morgan fingerprint density at radius 1 is 1.00 bits per heavy atom. The van der Waals surface area contributed by atoms with E-state index >= 15 is 0 Å². The van der Waals surface area contributed by atoms with Crippen molar-refractivity contribution >= 4 is 11.8 Å². The SMILES string of the molecule is Cc1cccc(CCNC(=O)[C@H]2c3ccccc3C(=O)N3CCc4ccccc4[C@H]23)c1. The Morgan fingerprint density at radius 2 is 1.77 bits per heavy atom. The molecule has 0 unspecified atom stereocenters. The van der Waals surface area contributed by atoms with Gasteiger partial charge in [-0.15, -0.1) is 0 Å². The van der Waals surface area contributed by atoms with E-state index < -0.39 is 5.92 Å². The summed E-state index contributed by atoms with van der Waals surface area (Å²) in [6, 6.07) is 23.9. The van der Waals surface area contributed by atoms with Gasteiger partial charge in [-0.25, -0.2) is 0 Å². The molecule has 0 radical (unpaired) electrons. The van der Waals surface area contributed by atoms with Crippen molar-refractivity contribution in [2.75, 3.05) is 13.1 Å². The lowest BCUT2D eigenvalue weighted by molar-refractivity contribution is -0.124. The summed E-state index contributed by atoms with van der Waals surface area (Å²) in [7, 11) is 0. The fourth-order valence-electron chi connectivity index (χ4n) is 5.07. The average Bonchev–Trinajstić information content (AvgIpc) is 2.79. The highest BCUT2D eigenvalue weighted by Gasteiger charge is 2.45. The maximum Gasteiger partial charge on any atom is 0.254 e. The predicted octanol–water partition coefficient (Wildman–Crippen LogP) is 4.19. The lowest BCUT2D eigenvalue weighted by Gasteiger charge is -2.45. The van der Waals surface area contributed by atoms with Gasteiger partial charge < -0.3 is 10.2 Å². The van der Waals surface area contributed by atoms with Crippen molar-refractivity contribution in [3.05, 3.63) is 106 Å². The van der Waals surface area contributed by atoms with E-state index in [0.717, 1.165) is 24.0 Å². The van der Waals surface area contributed by atoms with Gasteiger partial charge in [0.05, 0.1) is 12.0 Å². The van der Waals surface area contributed by atoms with Crippen molar-refractivity contribution in [2.24, 2.45) is 0 Å². The standard InChI is InChI=1S/C27H26N2O2/c1-18-7-6-8-19(17-18)13-15-28-26(30)24-22-11-4-5-12-23(22)27(31)29-16-14-20-9-2-3-10-21(20)25(24)29/h2-12,17,24-25H,13-16H2,1H3,(H,28,30)/t24-,25+/m0/s1. The van der Waals surface area contributed by atoms with E-state index in [2.05, 4.69) is 42.6 Å². The van der Waals surface area contributed by atoms with Crippen LogP contribution in [-0.2, 0) is 17.6 Å². The normalized spacial score (nSPS) is 19.3. The highest BCUT2D eigenvalue weighted by Crippen LogP contribution is 2.45. The number of nitrogens with one attached hydrogen (secondary N) is 1. The number of nitrogens with zero attached hydrogens (tertiary/aromatic N) is 1. The molecule has 0 aromatic heterocycles. The number of benzene rings is 3. The fraction of sp³-hybridized carbons (Fsp3) is 0.259. The van der Waals surface area contributed by atoms with E-state index in [4.69, 9.17) is 0 Å². The Morgan fingerprint density at radius 3 is 2.61 bits per heavy atom. The molecule has 2 amide bonds. The molecule has 1 N–H and O–H groups in total. The molecule has 2 heterocycles. The molecule has 31 heavy (non-hydrogen) atoms. The summed E-state index contributed by atoms with van der Waals surface area (Å²) in [4.78, 5) is 28.7. The minimum absolute atomic E-state index is 0.0145. The van der Waals surface area contributed by atoms with Crippen LogP contribution in [0.3, 0.4) is 0 Å². The number of carbonyl (C=O) groups excluding carboxylic acids is 2. The monoisotopic (exact) mass is 410 g/mol. The third-order valence-corrected chi connectivity index (χ3v) is 6.51. The second-order valence-electron chi connectivity index (χ2n) is 8.49. The Balaban J connectivity index is 1.46. The van der Waals surface area contributed by atoms with Gasteiger partial charge in [-0.2, -0.15) is 0 Å². The van der Waals surface area contributed by atoms with Gasteiger partial charge in [0.2, 0.25) is 5.91 Å². The van der Waals surface area contributed by atoms with Gasteiger partial charge in [-0.1, -0.05) is 72.3 Å². The van der Waals surface area contributed by atoms with Gasteiger partial charge in [0, 0.05) is 18.7 Å². The van der Waals surface area contributed by atoms with Gasteiger partial charge in [0.15, 0.2) is 0 Å². The Kier molecular flexibility index (Phi) is 5.06. The second kappa shape index (κ2) is 8.03. The molecule has 0 saturated carbocycles. The van der Waals surface area contributed by atoms with E-state index in [1.165, 1.54) is 16.7 Å². The highest BCUT2D eigenvalue weighted by atomic mass is 16.2. The summed E-state index contributed by atoms with van der Waals surface area (Å²) in [5, 5.41) is 3.16. The maximum atomic E-state index is 13.5. The van der Waals surface area contributed by atoms with E-state index in [1.807, 2.05) is 47.4 Å². The third kappa shape index (κ3) is 3.52. The zero-order chi connectivity index (χ0) is 21.4. The van der Waals surface area contributed by atoms with Crippen LogP contribution in [0.5, 0.6) is 0 Å². The summed E-state index contributed by atoms with van der Waals surface area (Å²) < 4.78 is 0. The number of hydrogen-bond donors (Lipinski definition) is 1. The molecule has 4 heteroatoms. The number of rotatable bonds is 4. The lowest BCUT2D eigenvalue weighted by Crippen LogP contribution is -2.50. The van der Waals surface area contributed by atoms with Gasteiger partial charge in [0.1, 0.15) is 0 Å². The molecule has 2 aliphatic heterocycles. The Labute approximate surface area is 182 Å². The molecule has 0 spiro atoms. The molecule has 3 aromatic carbocycles. The van der Waals surface area contributed by atoms with E-state index in [9.17, 15) is 9.59 Å². The van der Waals surface area contributed by atoms with Crippen LogP contribution in [0.25, 0.3) is 0 Å². The van der Waals surface area contributed by atoms with Crippen LogP contribution in [0.1, 0.15) is 50.1 Å². The molecule has 0 bridgehead atoms. The van der Waals surface area contributed by atoms with Crippen LogP contribution < -0.4 is 5.32 Å². The highest BCUT2D eigenvalue weighted by molar-refractivity contribution is 6.01. The third-order valence-electron chi connectivity index (χ3n) is 6.51. The minimum Gasteiger partial charge on any atom is -0.355 e. The quantitative estimate of drug-likeness (QED) is 0.701. The van der Waals surface area contributed by atoms with Gasteiger partial charge in [-0.05, 0) is 48.1 Å². The van der Waals surface area contributed by atoms with Crippen molar-refractivity contribution in [2.45, 2.75) is 31.7 Å². The lowest BCUT2D eigenvalue weighted by atomic mass is 9.76. The van der Waals surface area contributed by atoms with Gasteiger partial charge >= 0.3 is 0 Å². The molecule has 3 aromatic rings. The largest absolute Gasteiger partial charge is 0.355 e. The van der Waals surface area contributed by atoms with Crippen LogP contribution in [0.2, 0.25) is 0 Å². The molecular formula is C27H26N2O2. The zero-order valence-electron chi connectivity index (χ0n) is 17.7. The first-order valence-corrected chi connectivity index (χ1v) is 10.9. The van der Waals surface area contributed by atoms with Crippen LogP contribution in [0, 0.1) is 6.92 Å². The first kappa shape index (κ1) is 19.6. The molecular weight excluding hydrogens is 384 g/mol. The van der Waals surface area contributed by atoms with E-state index in [-0.39, 0.29) is 17.9 Å². The van der Waals surface area contributed by atoms with Gasteiger partial charge in [-0.3, -0.25) is 9.59 Å². The Bertz CT molecular complexity index is 1150. The molecule has 156 valence electrons. The van der Waals surface area contributed by atoms with Gasteiger partial charge in [0.25, 0.3) is 5.91 Å². The number of aryl methyl sites for hydroxylation is 1. The smallest absolute Gasteiger partial charge is 0.254 e. The molecule has 0 saturated heterocycles. The van der Waals surface area contributed by atoms with Crippen LogP contribution in [0.4, 0.5) is 0 Å². The maximum absolute atomic E-state index is 13.5. The Hall–Kier alpha value is -3.40. The van der Waals surface area contributed by atoms with Crippen molar-refractivity contribution in [1.29, 1.82) is 0 Å². The second-order valence-corrected chi connectivity index (χ2v) is 8.49. The first-order valence-electron chi connectivity index (χ1n) is 10.9. The van der Waals surface area contributed by atoms with Crippen molar-refractivity contribution in [3.63, 3.8) is 0 Å². The molecule has 2 aliphatic rings. The molecule has 5 rings (SSSR count). The zero-order valence-corrected chi connectivity index (χ0v) is 17.7. The topological polar surface area (TPSA) is 49.4 Å². The van der Waals surface area contributed by atoms with Crippen LogP contribution in [-0.4, -0.2) is 29.8 Å². The predicted molar refractivity (Wildman–Crippen MR) is 121 cm³/mol. The number of amides is 2. The van der Waals surface area contributed by atoms with Crippen LogP contribution >= 0.6 is 0 Å². The molecule has 0 aliphatic carbocycles. The minimum atomic E-state index is -0.409. The van der Waals surface area contributed by atoms with Crippen molar-refractivity contribution in [3.8, 4) is 0 Å². The van der Waals surface area contributed by atoms with Crippen LogP contribution in [0.15, 0.2) is 72.8 Å². The summed E-state index contributed by atoms with van der Waals surface area (Å²) in [5.74, 6) is -0.397. The summed E-state index contributed by atoms with van der Waals surface area (Å²) in [6.07, 6.45) is 1.61. The summed E-state index contributed by atoms with van der Waals surface area (Å²) >= 11 is 0. The average molecular weight is 411 g/mol. The number of hydrogen-bond acceptors (Lipinski definition) is 2. The first-order chi connectivity index (χ1) is 15.1. The molecule has 2 atom stereocenters. The summed E-state index contributed by atoms with van der Waals surface area (Å²) in [6.45, 7) is 3.29. The molecule has 0 fully saturated rings. The summed E-state index contributed by atoms with van der Waals surface area (Å²) in [5.41, 5.74) is 6.24. The number of fused-ring (bicyclic) bond motifs is 4. The van der Waals surface area contributed by atoms with E-state index in [0.29, 0.717) is 18.7 Å². The fourth-order valence-corrected chi connectivity index (χ4v) is 5.07. The molecule has 4 nitrogen and oxygen atoms in total. The van der Waals surface area contributed by atoms with Crippen molar-refractivity contribution < 1.29 is 9.59 Å².